The first-order valence-corrected chi connectivity index (χ1v) is 7.75. The van der Waals surface area contributed by atoms with Crippen molar-refractivity contribution in [3.8, 4) is 0 Å². The minimum atomic E-state index is -0.0354. The highest BCUT2D eigenvalue weighted by Gasteiger charge is 2.34. The Balaban J connectivity index is 1.84. The van der Waals surface area contributed by atoms with Crippen molar-refractivity contribution in [3.63, 3.8) is 0 Å². The summed E-state index contributed by atoms with van der Waals surface area (Å²) in [5.41, 5.74) is 0.446. The molecule has 1 saturated carbocycles. The first-order valence-electron chi connectivity index (χ1n) is 6.60. The number of hydrogen-bond acceptors (Lipinski definition) is 3. The van der Waals surface area contributed by atoms with E-state index < -0.39 is 0 Å². The average Bonchev–Trinajstić information content (AvgIpc) is 2.24. The molecule has 1 heterocycles. The maximum absolute atomic E-state index is 9.50. The van der Waals surface area contributed by atoms with Crippen molar-refractivity contribution in [2.24, 2.45) is 5.41 Å². The van der Waals surface area contributed by atoms with Gasteiger partial charge in [-0.1, -0.05) is 13.8 Å². The van der Waals surface area contributed by atoms with Gasteiger partial charge in [-0.05, 0) is 43.3 Å². The van der Waals surface area contributed by atoms with Crippen LogP contribution in [-0.2, 0) is 0 Å². The average molecular weight is 243 g/mol. The van der Waals surface area contributed by atoms with Crippen LogP contribution in [0, 0.1) is 5.41 Å². The Hall–Kier alpha value is 0.270. The lowest BCUT2D eigenvalue weighted by Gasteiger charge is -2.42. The van der Waals surface area contributed by atoms with Crippen LogP contribution in [0.25, 0.3) is 0 Å². The van der Waals surface area contributed by atoms with Crippen LogP contribution >= 0.6 is 11.8 Å². The van der Waals surface area contributed by atoms with Gasteiger partial charge in [-0.15, -0.1) is 0 Å². The molecular weight excluding hydrogens is 218 g/mol. The second-order valence-electron chi connectivity index (χ2n) is 6.04. The molecule has 94 valence electrons. The molecule has 1 aliphatic heterocycles. The summed E-state index contributed by atoms with van der Waals surface area (Å²) in [7, 11) is 0. The molecule has 0 radical (unpaired) electrons. The molecule has 1 atom stereocenters. The first-order chi connectivity index (χ1) is 7.58. The maximum Gasteiger partial charge on any atom is 0.0541 e. The normalized spacial score (nSPS) is 39.6. The van der Waals surface area contributed by atoms with E-state index in [1.54, 1.807) is 0 Å². The molecule has 1 saturated heterocycles. The van der Waals surface area contributed by atoms with Crippen molar-refractivity contribution in [1.29, 1.82) is 0 Å². The van der Waals surface area contributed by atoms with Crippen LogP contribution in [-0.4, -0.2) is 34.8 Å². The lowest BCUT2D eigenvalue weighted by molar-refractivity contribution is 0.107. The number of hydrogen-bond donors (Lipinski definition) is 2. The molecule has 2 fully saturated rings. The lowest BCUT2D eigenvalue weighted by Crippen LogP contribution is -2.51. The molecule has 1 unspecified atom stereocenters. The van der Waals surface area contributed by atoms with E-state index in [0.29, 0.717) is 17.5 Å². The highest BCUT2D eigenvalue weighted by Crippen LogP contribution is 2.35. The summed E-state index contributed by atoms with van der Waals surface area (Å²) in [4.78, 5) is 0. The lowest BCUT2D eigenvalue weighted by atomic mass is 9.81. The van der Waals surface area contributed by atoms with Crippen molar-refractivity contribution in [2.75, 3.05) is 11.5 Å². The molecule has 2 N–H and O–H groups in total. The topological polar surface area (TPSA) is 32.3 Å². The van der Waals surface area contributed by atoms with E-state index in [4.69, 9.17) is 0 Å². The van der Waals surface area contributed by atoms with Gasteiger partial charge in [0.2, 0.25) is 0 Å². The zero-order valence-corrected chi connectivity index (χ0v) is 11.4. The van der Waals surface area contributed by atoms with Gasteiger partial charge in [0.1, 0.15) is 0 Å². The minimum Gasteiger partial charge on any atom is -0.393 e. The monoisotopic (exact) mass is 243 g/mol. The highest BCUT2D eigenvalue weighted by atomic mass is 32.2. The molecule has 0 aromatic rings. The van der Waals surface area contributed by atoms with Gasteiger partial charge in [0.25, 0.3) is 0 Å². The summed E-state index contributed by atoms with van der Waals surface area (Å²) in [6.45, 7) is 4.78. The Kier molecular flexibility index (Phi) is 4.20. The third kappa shape index (κ3) is 3.14. The van der Waals surface area contributed by atoms with Gasteiger partial charge in [-0.3, -0.25) is 0 Å². The predicted molar refractivity (Wildman–Crippen MR) is 70.9 cm³/mol. The summed E-state index contributed by atoms with van der Waals surface area (Å²) < 4.78 is 0. The zero-order chi connectivity index (χ0) is 11.6. The van der Waals surface area contributed by atoms with Gasteiger partial charge >= 0.3 is 0 Å². The van der Waals surface area contributed by atoms with Crippen LogP contribution in [0.2, 0.25) is 0 Å². The molecule has 0 bridgehead atoms. The van der Waals surface area contributed by atoms with Crippen molar-refractivity contribution in [1.82, 2.24) is 5.32 Å². The summed E-state index contributed by atoms with van der Waals surface area (Å²) in [5.74, 6) is 2.57. The van der Waals surface area contributed by atoms with Crippen LogP contribution in [0.15, 0.2) is 0 Å². The van der Waals surface area contributed by atoms with Crippen LogP contribution in [0.1, 0.15) is 46.0 Å². The molecule has 0 aromatic heterocycles. The van der Waals surface area contributed by atoms with Crippen molar-refractivity contribution < 1.29 is 5.11 Å². The minimum absolute atomic E-state index is 0.0354. The molecule has 0 spiro atoms. The Bertz CT molecular complexity index is 224. The fourth-order valence-corrected chi connectivity index (χ4v) is 4.36. The van der Waals surface area contributed by atoms with Crippen LogP contribution < -0.4 is 5.32 Å². The molecule has 16 heavy (non-hydrogen) atoms. The van der Waals surface area contributed by atoms with Crippen molar-refractivity contribution in [3.05, 3.63) is 0 Å². The van der Waals surface area contributed by atoms with Gasteiger partial charge in [-0.25, -0.2) is 0 Å². The maximum atomic E-state index is 9.50. The Labute approximate surface area is 104 Å². The zero-order valence-electron chi connectivity index (χ0n) is 10.5. The van der Waals surface area contributed by atoms with Crippen molar-refractivity contribution in [2.45, 2.75) is 64.1 Å². The van der Waals surface area contributed by atoms with E-state index in [0.717, 1.165) is 25.7 Å². The molecular formula is C13H25NOS. The second kappa shape index (κ2) is 5.28. The van der Waals surface area contributed by atoms with Gasteiger partial charge in [-0.2, -0.15) is 11.8 Å². The highest BCUT2D eigenvalue weighted by molar-refractivity contribution is 7.99. The van der Waals surface area contributed by atoms with Crippen molar-refractivity contribution >= 4 is 11.8 Å². The number of rotatable bonds is 2. The van der Waals surface area contributed by atoms with E-state index >= 15 is 0 Å². The number of aliphatic hydroxyl groups excluding tert-OH is 1. The van der Waals surface area contributed by atoms with Crippen LogP contribution in [0.5, 0.6) is 0 Å². The SMILES string of the molecule is CC1(C)CCSCC1NC1CCC(O)CC1. The Morgan fingerprint density at radius 3 is 2.50 bits per heavy atom. The molecule has 2 rings (SSSR count). The molecule has 1 aliphatic carbocycles. The van der Waals surface area contributed by atoms with E-state index in [1.165, 1.54) is 17.9 Å². The van der Waals surface area contributed by atoms with E-state index in [-0.39, 0.29) is 6.10 Å². The Morgan fingerprint density at radius 1 is 1.19 bits per heavy atom. The third-order valence-electron chi connectivity index (χ3n) is 4.25. The number of thioether (sulfide) groups is 1. The number of aliphatic hydroxyl groups is 1. The van der Waals surface area contributed by atoms with Gasteiger partial charge in [0.05, 0.1) is 6.10 Å². The largest absolute Gasteiger partial charge is 0.393 e. The van der Waals surface area contributed by atoms with Gasteiger partial charge < -0.3 is 10.4 Å². The molecule has 2 nitrogen and oxygen atoms in total. The molecule has 3 heteroatoms. The van der Waals surface area contributed by atoms with E-state index in [1.807, 2.05) is 0 Å². The molecule has 0 amide bonds. The van der Waals surface area contributed by atoms with Gasteiger partial charge in [0, 0.05) is 17.8 Å². The smallest absolute Gasteiger partial charge is 0.0541 e. The summed E-state index contributed by atoms with van der Waals surface area (Å²) in [6.07, 6.45) is 5.56. The standard InChI is InChI=1S/C13H25NOS/c1-13(2)7-8-16-9-12(13)14-10-3-5-11(15)6-4-10/h10-12,14-15H,3-9H2,1-2H3. The molecule has 2 aliphatic rings. The van der Waals surface area contributed by atoms with E-state index in [2.05, 4.69) is 30.9 Å². The molecule has 0 aromatic carbocycles. The summed E-state index contributed by atoms with van der Waals surface area (Å²) >= 11 is 2.08. The fourth-order valence-electron chi connectivity index (χ4n) is 2.74. The Morgan fingerprint density at radius 2 is 1.88 bits per heavy atom. The summed E-state index contributed by atoms with van der Waals surface area (Å²) in [6, 6.07) is 1.30. The number of nitrogens with one attached hydrogen (secondary N) is 1. The second-order valence-corrected chi connectivity index (χ2v) is 7.19. The third-order valence-corrected chi connectivity index (χ3v) is 5.31. The fraction of sp³-hybridized carbons (Fsp3) is 1.00. The first kappa shape index (κ1) is 12.7. The quantitative estimate of drug-likeness (QED) is 0.781. The van der Waals surface area contributed by atoms with Crippen LogP contribution in [0.3, 0.4) is 0 Å². The van der Waals surface area contributed by atoms with Crippen LogP contribution in [0.4, 0.5) is 0 Å². The summed E-state index contributed by atoms with van der Waals surface area (Å²) in [5, 5.41) is 13.3. The van der Waals surface area contributed by atoms with Gasteiger partial charge in [0.15, 0.2) is 0 Å². The predicted octanol–water partition coefficient (Wildman–Crippen LogP) is 2.41. The van der Waals surface area contributed by atoms with E-state index in [9.17, 15) is 5.11 Å².